The van der Waals surface area contributed by atoms with Gasteiger partial charge in [-0.2, -0.15) is 33.7 Å². The average molecular weight is 308 g/mol. The molecule has 6 nitrogen and oxygen atoms in total. The number of unbranched alkanes of at least 4 members (excludes halogenated alkanes) is 3. The number of hydrogen-bond acceptors (Lipinski definition) is 4. The summed E-state index contributed by atoms with van der Waals surface area (Å²) in [7, 11) is -4.67. The molecule has 0 rings (SSSR count). The summed E-state index contributed by atoms with van der Waals surface area (Å²) < 4.78 is 31.6. The Balaban J connectivity index is -0.0000000306. The Morgan fingerprint density at radius 1 is 0.875 bits per heavy atom. The molecule has 0 unspecified atom stereocenters. The van der Waals surface area contributed by atoms with Crippen LogP contribution in [0.5, 0.6) is 0 Å². The SMILES string of the molecule is O.O.O=S(=O)(O)O.SCCCCCCS.[H-].[Na+]. The summed E-state index contributed by atoms with van der Waals surface area (Å²) in [4.78, 5) is 0. The summed E-state index contributed by atoms with van der Waals surface area (Å²) in [6.07, 6.45) is 5.17. The van der Waals surface area contributed by atoms with E-state index < -0.39 is 10.4 Å². The molecule has 0 spiro atoms. The quantitative estimate of drug-likeness (QED) is 0.189. The Hall–Kier alpha value is 1.49. The summed E-state index contributed by atoms with van der Waals surface area (Å²) >= 11 is 8.21. The van der Waals surface area contributed by atoms with Crippen molar-refractivity contribution in [1.29, 1.82) is 0 Å². The van der Waals surface area contributed by atoms with Gasteiger partial charge in [-0.3, -0.25) is 9.11 Å². The molecule has 0 fully saturated rings. The third-order valence-corrected chi connectivity index (χ3v) is 1.70. The first-order valence-corrected chi connectivity index (χ1v) is 6.49. The molecule has 0 heterocycles. The van der Waals surface area contributed by atoms with Gasteiger partial charge in [0.25, 0.3) is 0 Å². The van der Waals surface area contributed by atoms with E-state index in [0.717, 1.165) is 11.5 Å². The zero-order valence-corrected chi connectivity index (χ0v) is 13.9. The molecule has 0 aliphatic carbocycles. The van der Waals surface area contributed by atoms with E-state index >= 15 is 0 Å². The fraction of sp³-hybridized carbons (Fsp3) is 1.00. The maximum absolute atomic E-state index is 8.74. The van der Waals surface area contributed by atoms with Crippen molar-refractivity contribution >= 4 is 35.7 Å². The molecule has 0 atom stereocenters. The molecule has 10 heteroatoms. The van der Waals surface area contributed by atoms with Gasteiger partial charge in [-0.15, -0.1) is 0 Å². The normalized spacial score (nSPS) is 8.50. The van der Waals surface area contributed by atoms with E-state index in [2.05, 4.69) is 25.3 Å². The zero-order valence-electron chi connectivity index (χ0n) is 10.3. The molecule has 0 aromatic rings. The molecule has 0 saturated carbocycles. The molecule has 0 aliphatic heterocycles. The topological polar surface area (TPSA) is 138 Å². The van der Waals surface area contributed by atoms with Crippen molar-refractivity contribution in [2.75, 3.05) is 11.5 Å². The van der Waals surface area contributed by atoms with Crippen LogP contribution in [0.25, 0.3) is 0 Å². The van der Waals surface area contributed by atoms with Gasteiger partial charge in [-0.05, 0) is 24.3 Å². The molecule has 6 N–H and O–H groups in total. The van der Waals surface area contributed by atoms with Crippen molar-refractivity contribution in [2.45, 2.75) is 25.7 Å². The Morgan fingerprint density at radius 3 is 1.19 bits per heavy atom. The van der Waals surface area contributed by atoms with Crippen LogP contribution in [0.1, 0.15) is 27.1 Å². The molecule has 0 radical (unpaired) electrons. The Kier molecular flexibility index (Phi) is 41.4. The van der Waals surface area contributed by atoms with Gasteiger partial charge in [0.1, 0.15) is 0 Å². The van der Waals surface area contributed by atoms with Crippen LogP contribution in [0.4, 0.5) is 0 Å². The van der Waals surface area contributed by atoms with Crippen molar-refractivity contribution in [2.24, 2.45) is 0 Å². The molecule has 0 saturated heterocycles. The first-order chi connectivity index (χ1) is 5.91. The maximum Gasteiger partial charge on any atom is 1.00 e. The van der Waals surface area contributed by atoms with Crippen LogP contribution >= 0.6 is 25.3 Å². The minimum atomic E-state index is -4.67. The van der Waals surface area contributed by atoms with Crippen LogP contribution in [0.3, 0.4) is 0 Å². The van der Waals surface area contributed by atoms with Crippen LogP contribution in [0, 0.1) is 0 Å². The van der Waals surface area contributed by atoms with E-state index in [0.29, 0.717) is 0 Å². The fourth-order valence-electron chi connectivity index (χ4n) is 0.577. The third kappa shape index (κ3) is 77.2. The predicted molar refractivity (Wildman–Crippen MR) is 68.7 cm³/mol. The first kappa shape index (κ1) is 30.5. The number of thiol groups is 2. The molecule has 100 valence electrons. The van der Waals surface area contributed by atoms with Crippen LogP contribution in [-0.4, -0.2) is 40.0 Å². The van der Waals surface area contributed by atoms with Gasteiger partial charge in [0, 0.05) is 0 Å². The van der Waals surface area contributed by atoms with Crippen LogP contribution in [0.15, 0.2) is 0 Å². The molecule has 0 aliphatic rings. The van der Waals surface area contributed by atoms with Crippen molar-refractivity contribution in [1.82, 2.24) is 0 Å². The maximum atomic E-state index is 8.74. The third-order valence-electron chi connectivity index (χ3n) is 1.07. The molecule has 0 bridgehead atoms. The van der Waals surface area contributed by atoms with Gasteiger partial charge in [-0.1, -0.05) is 12.8 Å². The van der Waals surface area contributed by atoms with Crippen molar-refractivity contribution in [3.8, 4) is 0 Å². The van der Waals surface area contributed by atoms with E-state index in [1.54, 1.807) is 0 Å². The van der Waals surface area contributed by atoms with E-state index in [1.165, 1.54) is 25.7 Å². The standard InChI is InChI=1S/C6H14S2.Na.H2O4S.2H2O.H/c7-5-3-1-2-4-6-8;;1-5(2,3)4;;;/h7-8H,1-6H2;;(H2,1,2,3,4);2*1H2;/q;+1;;;;-1. The van der Waals surface area contributed by atoms with Crippen molar-refractivity contribution < 1.29 is 59.5 Å². The molecule has 0 amide bonds. The fourth-order valence-corrected chi connectivity index (χ4v) is 1.02. The monoisotopic (exact) mass is 308 g/mol. The summed E-state index contributed by atoms with van der Waals surface area (Å²) in [5.74, 6) is 2.07. The Morgan fingerprint density at radius 2 is 1.06 bits per heavy atom. The molecule has 0 aromatic carbocycles. The van der Waals surface area contributed by atoms with E-state index in [-0.39, 0.29) is 41.9 Å². The van der Waals surface area contributed by atoms with Gasteiger partial charge in [0.2, 0.25) is 0 Å². The summed E-state index contributed by atoms with van der Waals surface area (Å²) in [6, 6.07) is 0. The molecule has 0 aromatic heterocycles. The zero-order chi connectivity index (χ0) is 10.7. The van der Waals surface area contributed by atoms with Gasteiger partial charge >= 0.3 is 40.0 Å². The smallest absolute Gasteiger partial charge is 1.00 e. The van der Waals surface area contributed by atoms with Gasteiger partial charge < -0.3 is 12.4 Å². The number of rotatable bonds is 5. The van der Waals surface area contributed by atoms with E-state index in [4.69, 9.17) is 17.5 Å². The molecular weight excluding hydrogens is 287 g/mol. The van der Waals surface area contributed by atoms with Crippen LogP contribution in [0.2, 0.25) is 0 Å². The van der Waals surface area contributed by atoms with Crippen molar-refractivity contribution in [3.05, 3.63) is 0 Å². The minimum Gasteiger partial charge on any atom is -1.00 e. The van der Waals surface area contributed by atoms with E-state index in [9.17, 15) is 0 Å². The first-order valence-electron chi connectivity index (χ1n) is 3.83. The second-order valence-electron chi connectivity index (χ2n) is 2.31. The second-order valence-corrected chi connectivity index (χ2v) is 4.10. The van der Waals surface area contributed by atoms with Gasteiger partial charge in [0.05, 0.1) is 0 Å². The largest absolute Gasteiger partial charge is 1.00 e. The Labute approximate surface area is 131 Å². The van der Waals surface area contributed by atoms with Gasteiger partial charge in [-0.25, -0.2) is 0 Å². The summed E-state index contributed by atoms with van der Waals surface area (Å²) in [5, 5.41) is 0. The molecule has 16 heavy (non-hydrogen) atoms. The van der Waals surface area contributed by atoms with E-state index in [1.807, 2.05) is 0 Å². The Bertz CT molecular complexity index is 178. The van der Waals surface area contributed by atoms with Crippen LogP contribution < -0.4 is 29.6 Å². The van der Waals surface area contributed by atoms with Crippen LogP contribution in [-0.2, 0) is 10.4 Å². The van der Waals surface area contributed by atoms with Crippen molar-refractivity contribution in [3.63, 3.8) is 0 Å². The summed E-state index contributed by atoms with van der Waals surface area (Å²) in [5.41, 5.74) is 0. The van der Waals surface area contributed by atoms with Gasteiger partial charge in [0.15, 0.2) is 0 Å². The summed E-state index contributed by atoms with van der Waals surface area (Å²) in [6.45, 7) is 0. The minimum absolute atomic E-state index is 0. The second kappa shape index (κ2) is 21.7. The number of hydrogen-bond donors (Lipinski definition) is 4. The average Bonchev–Trinajstić information content (AvgIpc) is 1.95. The predicted octanol–water partition coefficient (Wildman–Crippen LogP) is -2.78. The molecular formula is C6H21NaO6S3.